The molecule has 1 saturated heterocycles. The number of aryl methyl sites for hydroxylation is 1. The van der Waals surface area contributed by atoms with E-state index in [1.807, 2.05) is 0 Å². The first-order valence-corrected chi connectivity index (χ1v) is 9.45. The Kier molecular flexibility index (Phi) is 6.37. The fourth-order valence-electron chi connectivity index (χ4n) is 3.48. The molecule has 2 aromatic rings. The van der Waals surface area contributed by atoms with Gasteiger partial charge in [-0.15, -0.1) is 0 Å². The van der Waals surface area contributed by atoms with E-state index in [1.54, 1.807) is 0 Å². The lowest BCUT2D eigenvalue weighted by Gasteiger charge is -2.28. The van der Waals surface area contributed by atoms with E-state index in [1.165, 1.54) is 19.1 Å². The van der Waals surface area contributed by atoms with Crippen LogP contribution in [0.1, 0.15) is 34.3 Å². The second-order valence-electron chi connectivity index (χ2n) is 7.31. The van der Waals surface area contributed by atoms with E-state index < -0.39 is 48.0 Å². The molecule has 11 heteroatoms. The number of rotatable bonds is 5. The third-order valence-electron chi connectivity index (χ3n) is 5.16. The molecule has 6 nitrogen and oxygen atoms in total. The van der Waals surface area contributed by atoms with E-state index in [9.17, 15) is 37.2 Å². The Bertz CT molecular complexity index is 1020. The molecule has 31 heavy (non-hydrogen) atoms. The largest absolute Gasteiger partial charge is 0.475 e. The Morgan fingerprint density at radius 1 is 1.13 bits per heavy atom. The molecular formula is C20H19BF4N2O4. The highest BCUT2D eigenvalue weighted by Crippen LogP contribution is 2.35. The van der Waals surface area contributed by atoms with Crippen molar-refractivity contribution in [2.45, 2.75) is 31.6 Å². The number of carbonyl (C=O) groups is 2. The molecule has 0 aliphatic carbocycles. The van der Waals surface area contributed by atoms with E-state index >= 15 is 0 Å². The maximum absolute atomic E-state index is 14.9. The highest BCUT2D eigenvalue weighted by molar-refractivity contribution is 6.43. The SMILES string of the molecule is Cc1cc(NC(=O)c2ccc(F)c(C(F)(F)C(=O)N3CCCC3B(O)O)c2)ccc1F. The van der Waals surface area contributed by atoms with Crippen molar-refractivity contribution in [2.24, 2.45) is 0 Å². The second-order valence-corrected chi connectivity index (χ2v) is 7.31. The summed E-state index contributed by atoms with van der Waals surface area (Å²) in [6, 6.07) is 5.92. The van der Waals surface area contributed by atoms with Gasteiger partial charge in [0.1, 0.15) is 11.6 Å². The van der Waals surface area contributed by atoms with Gasteiger partial charge in [0.05, 0.1) is 11.5 Å². The lowest BCUT2D eigenvalue weighted by Crippen LogP contribution is -2.50. The van der Waals surface area contributed by atoms with Crippen LogP contribution in [-0.2, 0) is 10.7 Å². The van der Waals surface area contributed by atoms with Crippen molar-refractivity contribution in [2.75, 3.05) is 11.9 Å². The molecule has 0 aromatic heterocycles. The first-order chi connectivity index (χ1) is 14.5. The molecule has 1 unspecified atom stereocenters. The van der Waals surface area contributed by atoms with Crippen molar-refractivity contribution < 1.29 is 37.2 Å². The van der Waals surface area contributed by atoms with Gasteiger partial charge in [-0.1, -0.05) is 0 Å². The average molecular weight is 438 g/mol. The third-order valence-corrected chi connectivity index (χ3v) is 5.16. The summed E-state index contributed by atoms with van der Waals surface area (Å²) in [5, 5.41) is 21.0. The fraction of sp³-hybridized carbons (Fsp3) is 0.300. The molecular weight excluding hydrogens is 419 g/mol. The zero-order valence-electron chi connectivity index (χ0n) is 16.4. The number of alkyl halides is 2. The summed E-state index contributed by atoms with van der Waals surface area (Å²) in [6.45, 7) is 1.34. The molecule has 3 rings (SSSR count). The van der Waals surface area contributed by atoms with Gasteiger partial charge in [0.25, 0.3) is 11.8 Å². The predicted octanol–water partition coefficient (Wildman–Crippen LogP) is 2.62. The number of hydrogen-bond acceptors (Lipinski definition) is 4. The molecule has 3 N–H and O–H groups in total. The van der Waals surface area contributed by atoms with Crippen LogP contribution in [0.3, 0.4) is 0 Å². The molecule has 1 aliphatic rings. The van der Waals surface area contributed by atoms with Crippen LogP contribution in [0.4, 0.5) is 23.2 Å². The van der Waals surface area contributed by atoms with Crippen molar-refractivity contribution in [1.29, 1.82) is 0 Å². The lowest BCUT2D eigenvalue weighted by atomic mass is 9.77. The van der Waals surface area contributed by atoms with Gasteiger partial charge in [-0.05, 0) is 61.7 Å². The van der Waals surface area contributed by atoms with Crippen LogP contribution in [0.5, 0.6) is 0 Å². The second kappa shape index (κ2) is 8.68. The van der Waals surface area contributed by atoms with Crippen LogP contribution in [0.15, 0.2) is 36.4 Å². The minimum absolute atomic E-state index is 0.113. The minimum Gasteiger partial charge on any atom is -0.426 e. The van der Waals surface area contributed by atoms with Gasteiger partial charge in [0, 0.05) is 17.8 Å². The lowest BCUT2D eigenvalue weighted by molar-refractivity contribution is -0.159. The molecule has 1 heterocycles. The van der Waals surface area contributed by atoms with Crippen LogP contribution in [0, 0.1) is 18.6 Å². The normalized spacial score (nSPS) is 16.4. The van der Waals surface area contributed by atoms with Crippen LogP contribution in [0.2, 0.25) is 0 Å². The summed E-state index contributed by atoms with van der Waals surface area (Å²) in [5.74, 6) is -10.1. The number of nitrogens with one attached hydrogen (secondary N) is 1. The van der Waals surface area contributed by atoms with Gasteiger partial charge in [-0.25, -0.2) is 8.78 Å². The topological polar surface area (TPSA) is 89.9 Å². The quantitative estimate of drug-likeness (QED) is 0.495. The minimum atomic E-state index is -4.34. The van der Waals surface area contributed by atoms with E-state index in [0.717, 1.165) is 12.1 Å². The number of likely N-dealkylation sites (tertiary alicyclic amines) is 1. The van der Waals surface area contributed by atoms with E-state index in [2.05, 4.69) is 5.32 Å². The molecule has 0 spiro atoms. The van der Waals surface area contributed by atoms with Crippen molar-refractivity contribution in [3.8, 4) is 0 Å². The Labute approximate surface area is 175 Å². The standard InChI is InChI=1S/C20H19BF4N2O4/c1-11-9-13(5-7-15(11)22)26-18(28)12-4-6-16(23)14(10-12)20(24,25)19(29)27-8-2-3-17(27)21(30)31/h4-7,9-10,17,30-31H,2-3,8H2,1H3,(H,26,28). The monoisotopic (exact) mass is 438 g/mol. The molecule has 0 bridgehead atoms. The van der Waals surface area contributed by atoms with Crippen molar-refractivity contribution in [1.82, 2.24) is 4.90 Å². The van der Waals surface area contributed by atoms with Gasteiger partial charge >= 0.3 is 13.0 Å². The van der Waals surface area contributed by atoms with Gasteiger partial charge in [0.2, 0.25) is 0 Å². The van der Waals surface area contributed by atoms with Crippen LogP contribution >= 0.6 is 0 Å². The zero-order chi connectivity index (χ0) is 22.9. The van der Waals surface area contributed by atoms with Crippen molar-refractivity contribution in [3.63, 3.8) is 0 Å². The first-order valence-electron chi connectivity index (χ1n) is 9.45. The molecule has 0 saturated carbocycles. The molecule has 164 valence electrons. The fourth-order valence-corrected chi connectivity index (χ4v) is 3.48. The Morgan fingerprint density at radius 2 is 1.81 bits per heavy atom. The Morgan fingerprint density at radius 3 is 2.45 bits per heavy atom. The summed E-state index contributed by atoms with van der Waals surface area (Å²) in [4.78, 5) is 25.5. The van der Waals surface area contributed by atoms with Gasteiger partial charge in [-0.3, -0.25) is 9.59 Å². The highest BCUT2D eigenvalue weighted by Gasteiger charge is 2.50. The van der Waals surface area contributed by atoms with Crippen molar-refractivity contribution >= 4 is 24.6 Å². The maximum Gasteiger partial charge on any atom is 0.475 e. The number of nitrogens with zero attached hydrogens (tertiary/aromatic N) is 1. The van der Waals surface area contributed by atoms with Crippen LogP contribution < -0.4 is 5.32 Å². The Hall–Kier alpha value is -2.92. The summed E-state index contributed by atoms with van der Waals surface area (Å²) >= 11 is 0. The van der Waals surface area contributed by atoms with Gasteiger partial charge in [0.15, 0.2) is 0 Å². The number of anilines is 1. The van der Waals surface area contributed by atoms with Gasteiger partial charge < -0.3 is 20.3 Å². The van der Waals surface area contributed by atoms with Crippen molar-refractivity contribution in [3.05, 3.63) is 64.7 Å². The van der Waals surface area contributed by atoms with E-state index in [0.29, 0.717) is 17.0 Å². The maximum atomic E-state index is 14.9. The predicted molar refractivity (Wildman–Crippen MR) is 104 cm³/mol. The zero-order valence-corrected chi connectivity index (χ0v) is 16.4. The molecule has 1 fully saturated rings. The molecule has 2 amide bonds. The average Bonchev–Trinajstić information content (AvgIpc) is 3.20. The van der Waals surface area contributed by atoms with E-state index in [4.69, 9.17) is 0 Å². The molecule has 1 aliphatic heterocycles. The number of halogens is 4. The van der Waals surface area contributed by atoms with E-state index in [-0.39, 0.29) is 36.2 Å². The number of carbonyl (C=O) groups excluding carboxylic acids is 2. The number of benzene rings is 2. The number of amides is 2. The number of hydrogen-bond donors (Lipinski definition) is 3. The van der Waals surface area contributed by atoms with Crippen LogP contribution in [-0.4, -0.2) is 46.4 Å². The summed E-state index contributed by atoms with van der Waals surface area (Å²) < 4.78 is 57.4. The Balaban J connectivity index is 1.87. The molecule has 1 atom stereocenters. The summed E-state index contributed by atoms with van der Waals surface area (Å²) in [7, 11) is -2.01. The smallest absolute Gasteiger partial charge is 0.426 e. The molecule has 0 radical (unpaired) electrons. The summed E-state index contributed by atoms with van der Waals surface area (Å²) in [6.07, 6.45) is 0.396. The summed E-state index contributed by atoms with van der Waals surface area (Å²) in [5.41, 5.74) is -1.19. The first kappa shape index (κ1) is 22.8. The highest BCUT2D eigenvalue weighted by atomic mass is 19.3. The van der Waals surface area contributed by atoms with Gasteiger partial charge in [-0.2, -0.15) is 8.78 Å². The van der Waals surface area contributed by atoms with Crippen LogP contribution in [0.25, 0.3) is 0 Å². The third kappa shape index (κ3) is 4.57. The molecule has 2 aromatic carbocycles.